The van der Waals surface area contributed by atoms with Crippen LogP contribution in [0.15, 0.2) is 34.3 Å². The van der Waals surface area contributed by atoms with Crippen LogP contribution in [0.25, 0.3) is 10.4 Å². The third kappa shape index (κ3) is 3.81. The Hall–Kier alpha value is -1.68. The molecule has 2 rings (SSSR count). The Bertz CT molecular complexity index is 686. The summed E-state index contributed by atoms with van der Waals surface area (Å²) in [4.78, 5) is 2.62. The average Bonchev–Trinajstić information content (AvgIpc) is 2.85. The molecule has 1 N–H and O–H groups in total. The van der Waals surface area contributed by atoms with Crippen molar-refractivity contribution in [2.45, 2.75) is 36.4 Å². The molecule has 0 amide bonds. The highest BCUT2D eigenvalue weighted by molar-refractivity contribution is 7.86. The summed E-state index contributed by atoms with van der Waals surface area (Å²) >= 11 is 0. The summed E-state index contributed by atoms with van der Waals surface area (Å²) < 4.78 is 40.3. The van der Waals surface area contributed by atoms with E-state index in [0.717, 1.165) is 5.56 Å². The monoisotopic (exact) mass is 343 g/mol. The van der Waals surface area contributed by atoms with Crippen molar-refractivity contribution in [1.82, 2.24) is 0 Å². The number of methoxy groups -OCH3 is 1. The number of hydrogen-bond acceptors (Lipinski definition) is 7. The standard InChI is InChI=1S/C13H17N3O6S/c1-8-3-5-9(6-4-8)23(18,19)22-12-11(15-16-14)10(7-17)21-13(12)20-2/h3-6,10-13,17H,7H2,1-2H3/t10-,11+,12-,13-/m1/s1. The first kappa shape index (κ1) is 17.7. The highest BCUT2D eigenvalue weighted by Crippen LogP contribution is 2.30. The Labute approximate surface area is 133 Å². The smallest absolute Gasteiger partial charge is 0.297 e. The zero-order valence-electron chi connectivity index (χ0n) is 12.6. The maximum Gasteiger partial charge on any atom is 0.297 e. The van der Waals surface area contributed by atoms with E-state index in [1.54, 1.807) is 12.1 Å². The maximum atomic E-state index is 12.4. The SMILES string of the molecule is CO[C@@H]1O[C@H](CO)[C@H](N=[N+]=[N-])[C@H]1OS(=O)(=O)c1ccc(C)cc1. The second-order valence-electron chi connectivity index (χ2n) is 4.98. The summed E-state index contributed by atoms with van der Waals surface area (Å²) in [6.45, 7) is 1.36. The van der Waals surface area contributed by atoms with Crippen LogP contribution in [0.4, 0.5) is 0 Å². The minimum Gasteiger partial charge on any atom is -0.394 e. The first-order valence-electron chi connectivity index (χ1n) is 6.76. The van der Waals surface area contributed by atoms with Gasteiger partial charge in [-0.25, -0.2) is 0 Å². The van der Waals surface area contributed by atoms with Gasteiger partial charge in [-0.1, -0.05) is 22.8 Å². The van der Waals surface area contributed by atoms with Crippen molar-refractivity contribution in [1.29, 1.82) is 0 Å². The van der Waals surface area contributed by atoms with E-state index in [2.05, 4.69) is 10.0 Å². The zero-order chi connectivity index (χ0) is 17.0. The lowest BCUT2D eigenvalue weighted by atomic mass is 10.1. The quantitative estimate of drug-likeness (QED) is 0.356. The van der Waals surface area contributed by atoms with Crippen LogP contribution < -0.4 is 0 Å². The summed E-state index contributed by atoms with van der Waals surface area (Å²) in [5.74, 6) is 0. The minimum atomic E-state index is -4.11. The molecule has 0 aliphatic carbocycles. The van der Waals surface area contributed by atoms with Gasteiger partial charge in [0, 0.05) is 12.0 Å². The van der Waals surface area contributed by atoms with E-state index < -0.39 is 41.3 Å². The van der Waals surface area contributed by atoms with Gasteiger partial charge in [0.1, 0.15) is 6.10 Å². The number of hydrogen-bond donors (Lipinski definition) is 1. The number of aryl methyl sites for hydroxylation is 1. The van der Waals surface area contributed by atoms with Crippen molar-refractivity contribution in [2.75, 3.05) is 13.7 Å². The van der Waals surface area contributed by atoms with E-state index in [1.165, 1.54) is 19.2 Å². The van der Waals surface area contributed by atoms with Gasteiger partial charge in [-0.2, -0.15) is 8.42 Å². The number of nitrogens with zero attached hydrogens (tertiary/aromatic N) is 3. The van der Waals surface area contributed by atoms with Crippen molar-refractivity contribution < 1.29 is 27.2 Å². The Morgan fingerprint density at radius 3 is 2.57 bits per heavy atom. The van der Waals surface area contributed by atoms with Crippen molar-refractivity contribution >= 4 is 10.1 Å². The molecule has 0 aromatic heterocycles. The fourth-order valence-electron chi connectivity index (χ4n) is 2.25. The topological polar surface area (TPSA) is 131 Å². The number of ether oxygens (including phenoxy) is 2. The molecule has 1 saturated heterocycles. The molecule has 9 nitrogen and oxygen atoms in total. The molecular weight excluding hydrogens is 326 g/mol. The van der Waals surface area contributed by atoms with Gasteiger partial charge in [0.15, 0.2) is 6.29 Å². The predicted molar refractivity (Wildman–Crippen MR) is 78.9 cm³/mol. The van der Waals surface area contributed by atoms with E-state index in [1.807, 2.05) is 6.92 Å². The lowest BCUT2D eigenvalue weighted by Gasteiger charge is -2.19. The van der Waals surface area contributed by atoms with E-state index in [0.29, 0.717) is 0 Å². The van der Waals surface area contributed by atoms with Gasteiger partial charge in [0.2, 0.25) is 0 Å². The van der Waals surface area contributed by atoms with Crippen molar-refractivity contribution in [3.8, 4) is 0 Å². The van der Waals surface area contributed by atoms with Gasteiger partial charge >= 0.3 is 0 Å². The van der Waals surface area contributed by atoms with Crippen molar-refractivity contribution in [3.63, 3.8) is 0 Å². The van der Waals surface area contributed by atoms with Crippen LogP contribution >= 0.6 is 0 Å². The summed E-state index contributed by atoms with van der Waals surface area (Å²) in [5.41, 5.74) is 9.54. The zero-order valence-corrected chi connectivity index (χ0v) is 13.4. The molecule has 23 heavy (non-hydrogen) atoms. The first-order valence-corrected chi connectivity index (χ1v) is 8.17. The lowest BCUT2D eigenvalue weighted by molar-refractivity contribution is -0.148. The molecule has 1 aromatic carbocycles. The van der Waals surface area contributed by atoms with Crippen LogP contribution in [0.5, 0.6) is 0 Å². The molecule has 0 bridgehead atoms. The number of benzene rings is 1. The number of azide groups is 1. The number of aliphatic hydroxyl groups excluding tert-OH is 1. The van der Waals surface area contributed by atoms with E-state index in [9.17, 15) is 13.5 Å². The molecule has 0 unspecified atom stereocenters. The van der Waals surface area contributed by atoms with Gasteiger partial charge < -0.3 is 14.6 Å². The molecule has 0 saturated carbocycles. The molecule has 0 spiro atoms. The first-order chi connectivity index (χ1) is 10.9. The van der Waals surface area contributed by atoms with Gasteiger partial charge in [0.25, 0.3) is 10.1 Å². The van der Waals surface area contributed by atoms with Gasteiger partial charge in [0.05, 0.1) is 23.6 Å². The summed E-state index contributed by atoms with van der Waals surface area (Å²) in [7, 11) is -2.81. The average molecular weight is 343 g/mol. The van der Waals surface area contributed by atoms with Gasteiger partial charge in [-0.15, -0.1) is 0 Å². The molecular formula is C13H17N3O6S. The Morgan fingerprint density at radius 1 is 1.39 bits per heavy atom. The Balaban J connectivity index is 2.30. The van der Waals surface area contributed by atoms with E-state index in [-0.39, 0.29) is 4.90 Å². The van der Waals surface area contributed by atoms with Gasteiger partial charge in [-0.3, -0.25) is 4.18 Å². The lowest BCUT2D eigenvalue weighted by Crippen LogP contribution is -2.37. The van der Waals surface area contributed by atoms with E-state index >= 15 is 0 Å². The van der Waals surface area contributed by atoms with E-state index in [4.69, 9.17) is 19.2 Å². The van der Waals surface area contributed by atoms with Gasteiger partial charge in [-0.05, 0) is 24.6 Å². The molecule has 10 heteroatoms. The van der Waals surface area contributed by atoms with Crippen LogP contribution in [0.1, 0.15) is 5.56 Å². The third-order valence-electron chi connectivity index (χ3n) is 3.44. The number of rotatable bonds is 6. The van der Waals surface area contributed by atoms with Crippen molar-refractivity contribution in [2.24, 2.45) is 5.11 Å². The second kappa shape index (κ2) is 7.26. The van der Waals surface area contributed by atoms with Crippen LogP contribution in [-0.2, 0) is 23.8 Å². The molecule has 126 valence electrons. The number of aliphatic hydroxyl groups is 1. The maximum absolute atomic E-state index is 12.4. The Morgan fingerprint density at radius 2 is 2.04 bits per heavy atom. The highest BCUT2D eigenvalue weighted by Gasteiger charge is 2.47. The minimum absolute atomic E-state index is 0.0370. The summed E-state index contributed by atoms with van der Waals surface area (Å²) in [5, 5.41) is 12.7. The second-order valence-corrected chi connectivity index (χ2v) is 6.56. The summed E-state index contributed by atoms with van der Waals surface area (Å²) in [6, 6.07) is 5.06. The third-order valence-corrected chi connectivity index (χ3v) is 4.76. The largest absolute Gasteiger partial charge is 0.394 e. The van der Waals surface area contributed by atoms with Crippen LogP contribution in [-0.4, -0.2) is 51.8 Å². The van der Waals surface area contributed by atoms with Crippen LogP contribution in [0.3, 0.4) is 0 Å². The predicted octanol–water partition coefficient (Wildman–Crippen LogP) is 1.11. The molecule has 1 aromatic rings. The van der Waals surface area contributed by atoms with Crippen LogP contribution in [0.2, 0.25) is 0 Å². The Kier molecular flexibility index (Phi) is 5.58. The molecule has 1 aliphatic heterocycles. The molecule has 4 atom stereocenters. The van der Waals surface area contributed by atoms with Crippen molar-refractivity contribution in [3.05, 3.63) is 40.3 Å². The molecule has 1 aliphatic rings. The van der Waals surface area contributed by atoms with Crippen LogP contribution in [0, 0.1) is 6.92 Å². The fourth-order valence-corrected chi connectivity index (χ4v) is 3.33. The molecule has 0 radical (unpaired) electrons. The molecule has 1 fully saturated rings. The summed E-state index contributed by atoms with van der Waals surface area (Å²) in [6.07, 6.45) is -3.18. The molecule has 1 heterocycles. The normalized spacial score (nSPS) is 27.6. The highest BCUT2D eigenvalue weighted by atomic mass is 32.2. The fraction of sp³-hybridized carbons (Fsp3) is 0.538.